The average molecular weight is 412 g/mol. The van der Waals surface area contributed by atoms with Crippen molar-refractivity contribution in [3.8, 4) is 11.1 Å². The van der Waals surface area contributed by atoms with Gasteiger partial charge in [0, 0.05) is 53.5 Å². The Balaban J connectivity index is 1.94. The molecular weight excluding hydrogens is 393 g/mol. The molecule has 6 nitrogen and oxygen atoms in total. The first-order valence-electron chi connectivity index (χ1n) is 9.06. The van der Waals surface area contributed by atoms with Crippen molar-refractivity contribution in [2.75, 3.05) is 11.1 Å². The summed E-state index contributed by atoms with van der Waals surface area (Å²) >= 11 is 5.85. The highest BCUT2D eigenvalue weighted by molar-refractivity contribution is 6.30. The van der Waals surface area contributed by atoms with Gasteiger partial charge < -0.3 is 15.6 Å². The summed E-state index contributed by atoms with van der Waals surface area (Å²) in [4.78, 5) is 12.6. The summed E-state index contributed by atoms with van der Waals surface area (Å²) in [5.74, 6) is -0.471. The number of pyridine rings is 1. The summed E-state index contributed by atoms with van der Waals surface area (Å²) < 4.78 is 17.6. The van der Waals surface area contributed by atoms with E-state index in [0.29, 0.717) is 39.4 Å². The maximum Gasteiger partial charge on any atom is 0.261 e. The molecule has 0 aliphatic heterocycles. The molecule has 0 unspecified atom stereocenters. The zero-order chi connectivity index (χ0) is 20.7. The van der Waals surface area contributed by atoms with Crippen LogP contribution in [0, 0.1) is 5.82 Å². The lowest BCUT2D eigenvalue weighted by Gasteiger charge is -2.15. The maximum atomic E-state index is 14.3. The highest BCUT2D eigenvalue weighted by Crippen LogP contribution is 2.35. The molecule has 0 aliphatic rings. The zero-order valence-electron chi connectivity index (χ0n) is 15.9. The van der Waals surface area contributed by atoms with Gasteiger partial charge >= 0.3 is 0 Å². The van der Waals surface area contributed by atoms with Gasteiger partial charge in [-0.15, -0.1) is 0 Å². The van der Waals surface area contributed by atoms with Gasteiger partial charge in [-0.3, -0.25) is 9.48 Å². The summed E-state index contributed by atoms with van der Waals surface area (Å²) in [6.07, 6.45) is 3.45. The second-order valence-corrected chi connectivity index (χ2v) is 7.20. The summed E-state index contributed by atoms with van der Waals surface area (Å²) in [7, 11) is 1.69. The van der Waals surface area contributed by atoms with Gasteiger partial charge in [-0.1, -0.05) is 11.6 Å². The smallest absolute Gasteiger partial charge is 0.261 e. The summed E-state index contributed by atoms with van der Waals surface area (Å²) in [6, 6.07) is 9.70. The van der Waals surface area contributed by atoms with E-state index in [1.165, 1.54) is 10.6 Å². The van der Waals surface area contributed by atoms with Gasteiger partial charge in [-0.2, -0.15) is 5.10 Å². The number of nitrogens with zero attached hydrogens (tertiary/aromatic N) is 3. The number of rotatable bonds is 4. The van der Waals surface area contributed by atoms with Crippen molar-refractivity contribution < 1.29 is 4.39 Å². The quantitative estimate of drug-likeness (QED) is 0.483. The van der Waals surface area contributed by atoms with Gasteiger partial charge in [0.15, 0.2) is 0 Å². The molecule has 3 N–H and O–H groups in total. The molecule has 4 aromatic rings. The van der Waals surface area contributed by atoms with E-state index in [-0.39, 0.29) is 11.2 Å². The number of hydrogen-bond donors (Lipinski definition) is 2. The van der Waals surface area contributed by atoms with Gasteiger partial charge in [0.1, 0.15) is 11.3 Å². The van der Waals surface area contributed by atoms with Crippen molar-refractivity contribution in [2.45, 2.75) is 13.5 Å². The molecule has 0 radical (unpaired) electrons. The highest BCUT2D eigenvalue weighted by Gasteiger charge is 2.17. The van der Waals surface area contributed by atoms with Crippen LogP contribution >= 0.6 is 11.6 Å². The normalized spacial score (nSPS) is 11.2. The summed E-state index contributed by atoms with van der Waals surface area (Å²) in [6.45, 7) is 2.59. The van der Waals surface area contributed by atoms with E-state index in [0.717, 1.165) is 5.56 Å². The molecule has 0 saturated heterocycles. The second kappa shape index (κ2) is 7.25. The van der Waals surface area contributed by atoms with Crippen molar-refractivity contribution in [1.82, 2.24) is 14.3 Å². The maximum absolute atomic E-state index is 14.3. The summed E-state index contributed by atoms with van der Waals surface area (Å²) in [5, 5.41) is 8.49. The number of aromatic nitrogens is 3. The number of hydrogen-bond acceptors (Lipinski definition) is 4. The molecule has 0 aliphatic carbocycles. The molecule has 2 heterocycles. The first-order chi connectivity index (χ1) is 13.9. The van der Waals surface area contributed by atoms with Crippen LogP contribution in [0.3, 0.4) is 0 Å². The van der Waals surface area contributed by atoms with Crippen molar-refractivity contribution >= 4 is 39.6 Å². The number of nitrogen functional groups attached to an aromatic ring is 1. The predicted molar refractivity (Wildman–Crippen MR) is 115 cm³/mol. The lowest BCUT2D eigenvalue weighted by molar-refractivity contribution is 0.632. The van der Waals surface area contributed by atoms with Crippen molar-refractivity contribution in [1.29, 1.82) is 0 Å². The van der Waals surface area contributed by atoms with Gasteiger partial charge in [0.2, 0.25) is 0 Å². The first-order valence-corrected chi connectivity index (χ1v) is 9.44. The average Bonchev–Trinajstić information content (AvgIpc) is 3.13. The van der Waals surface area contributed by atoms with Crippen molar-refractivity contribution in [2.24, 2.45) is 7.05 Å². The van der Waals surface area contributed by atoms with E-state index in [4.69, 9.17) is 17.3 Å². The van der Waals surface area contributed by atoms with E-state index in [1.807, 2.05) is 6.92 Å². The van der Waals surface area contributed by atoms with Crippen LogP contribution in [0.2, 0.25) is 5.02 Å². The number of benzene rings is 2. The number of fused-ring (bicyclic) bond motifs is 1. The molecule has 0 amide bonds. The predicted octanol–water partition coefficient (Wildman–Crippen LogP) is 4.54. The highest BCUT2D eigenvalue weighted by atomic mass is 35.5. The fraction of sp³-hybridized carbons (Fsp3) is 0.143. The summed E-state index contributed by atoms with van der Waals surface area (Å²) in [5.41, 5.74) is 9.35. The number of aryl methyl sites for hydroxylation is 2. The van der Waals surface area contributed by atoms with Crippen LogP contribution in [0.4, 0.5) is 21.5 Å². The molecule has 0 atom stereocenters. The standard InChI is InChI=1S/C21H19ClFN5O/c1-3-28-11-16-20(26-28)15(10-27(2)21(16)29)14-9-13(24)5-7-18(14)25-19-6-4-12(22)8-17(19)23/h4-11,25H,3,24H2,1-2H3. The molecule has 0 spiro atoms. The topological polar surface area (TPSA) is 77.9 Å². The monoisotopic (exact) mass is 411 g/mol. The largest absolute Gasteiger partial charge is 0.399 e. The first kappa shape index (κ1) is 19.0. The van der Waals surface area contributed by atoms with Crippen LogP contribution in [-0.2, 0) is 13.6 Å². The van der Waals surface area contributed by atoms with Crippen LogP contribution in [-0.4, -0.2) is 14.3 Å². The Labute approximate surface area is 171 Å². The van der Waals surface area contributed by atoms with E-state index >= 15 is 0 Å². The second-order valence-electron chi connectivity index (χ2n) is 6.76. The van der Waals surface area contributed by atoms with Crippen LogP contribution in [0.1, 0.15) is 6.92 Å². The molecule has 4 rings (SSSR count). The third-order valence-electron chi connectivity index (χ3n) is 4.75. The minimum absolute atomic E-state index is 0.134. The van der Waals surface area contributed by atoms with E-state index in [2.05, 4.69) is 10.4 Å². The van der Waals surface area contributed by atoms with E-state index in [9.17, 15) is 9.18 Å². The Morgan fingerprint density at radius 3 is 2.62 bits per heavy atom. The molecule has 148 valence electrons. The Morgan fingerprint density at radius 1 is 1.14 bits per heavy atom. The fourth-order valence-corrected chi connectivity index (χ4v) is 3.43. The molecule has 0 fully saturated rings. The lowest BCUT2D eigenvalue weighted by atomic mass is 10.0. The zero-order valence-corrected chi connectivity index (χ0v) is 16.7. The minimum Gasteiger partial charge on any atom is -0.399 e. The Hall–Kier alpha value is -3.32. The third kappa shape index (κ3) is 3.45. The lowest BCUT2D eigenvalue weighted by Crippen LogP contribution is -2.16. The molecule has 29 heavy (non-hydrogen) atoms. The van der Waals surface area contributed by atoms with Crippen LogP contribution < -0.4 is 16.6 Å². The van der Waals surface area contributed by atoms with E-state index in [1.54, 1.807) is 54.5 Å². The van der Waals surface area contributed by atoms with Crippen LogP contribution in [0.5, 0.6) is 0 Å². The van der Waals surface area contributed by atoms with Gasteiger partial charge in [0.05, 0.1) is 11.1 Å². The number of halogens is 2. The Kier molecular flexibility index (Phi) is 4.76. The Bertz CT molecular complexity index is 1290. The van der Waals surface area contributed by atoms with Gasteiger partial charge in [0.25, 0.3) is 5.56 Å². The van der Waals surface area contributed by atoms with Crippen LogP contribution in [0.25, 0.3) is 22.0 Å². The van der Waals surface area contributed by atoms with E-state index < -0.39 is 5.82 Å². The number of nitrogens with one attached hydrogen (secondary N) is 1. The molecule has 0 saturated carbocycles. The van der Waals surface area contributed by atoms with Crippen molar-refractivity contribution in [3.63, 3.8) is 0 Å². The fourth-order valence-electron chi connectivity index (χ4n) is 3.27. The third-order valence-corrected chi connectivity index (χ3v) is 4.98. The molecular formula is C21H19ClFN5O. The van der Waals surface area contributed by atoms with Gasteiger partial charge in [-0.05, 0) is 43.3 Å². The van der Waals surface area contributed by atoms with Crippen LogP contribution in [0.15, 0.2) is 53.6 Å². The minimum atomic E-state index is -0.471. The SMILES string of the molecule is CCn1cc2c(=O)n(C)cc(-c3cc(N)ccc3Nc3ccc(Cl)cc3F)c2n1. The molecule has 8 heteroatoms. The molecule has 2 aromatic heterocycles. The number of anilines is 3. The van der Waals surface area contributed by atoms with Gasteiger partial charge in [-0.25, -0.2) is 4.39 Å². The van der Waals surface area contributed by atoms with Crippen molar-refractivity contribution in [3.05, 3.63) is 70.0 Å². The molecule has 2 aromatic carbocycles. The number of nitrogens with two attached hydrogens (primary N) is 1. The molecule has 0 bridgehead atoms. The Morgan fingerprint density at radius 2 is 1.90 bits per heavy atom.